The molecule has 5 nitrogen and oxygen atoms in total. The summed E-state index contributed by atoms with van der Waals surface area (Å²) in [7, 11) is 0. The van der Waals surface area contributed by atoms with Crippen LogP contribution in [-0.2, 0) is 9.53 Å². The van der Waals surface area contributed by atoms with Crippen molar-refractivity contribution >= 4 is 23.3 Å². The molecule has 0 aliphatic rings. The van der Waals surface area contributed by atoms with E-state index in [1.165, 1.54) is 11.6 Å². The summed E-state index contributed by atoms with van der Waals surface area (Å²) in [5.41, 5.74) is 2.62. The van der Waals surface area contributed by atoms with Crippen LogP contribution in [0.15, 0.2) is 78.9 Å². The van der Waals surface area contributed by atoms with E-state index in [2.05, 4.69) is 19.2 Å². The molecule has 0 radical (unpaired) electrons. The van der Waals surface area contributed by atoms with E-state index in [1.54, 1.807) is 42.5 Å². The number of carbonyl (C=O) groups excluding carboxylic acids is 3. The van der Waals surface area contributed by atoms with Crippen molar-refractivity contribution in [2.24, 2.45) is 0 Å². The van der Waals surface area contributed by atoms with Crippen molar-refractivity contribution in [2.45, 2.75) is 19.8 Å². The summed E-state index contributed by atoms with van der Waals surface area (Å²) in [4.78, 5) is 37.4. The molecule has 0 aliphatic heterocycles. The van der Waals surface area contributed by atoms with E-state index in [1.807, 2.05) is 30.3 Å². The number of hydrogen-bond acceptors (Lipinski definition) is 4. The van der Waals surface area contributed by atoms with Crippen molar-refractivity contribution in [3.05, 3.63) is 101 Å². The van der Waals surface area contributed by atoms with E-state index >= 15 is 0 Å². The van der Waals surface area contributed by atoms with Gasteiger partial charge in [0.05, 0.1) is 5.56 Å². The summed E-state index contributed by atoms with van der Waals surface area (Å²) < 4.78 is 5.15. The normalized spacial score (nSPS) is 10.5. The molecule has 0 spiro atoms. The Morgan fingerprint density at radius 1 is 0.800 bits per heavy atom. The van der Waals surface area contributed by atoms with Gasteiger partial charge in [-0.3, -0.25) is 9.59 Å². The van der Waals surface area contributed by atoms with Crippen LogP contribution in [0.25, 0.3) is 0 Å². The van der Waals surface area contributed by atoms with E-state index < -0.39 is 18.5 Å². The molecule has 30 heavy (non-hydrogen) atoms. The standard InChI is InChI=1S/C25H23NO4/c1-17(2)18-12-14-20(15-13-18)26-23(27)16-30-25(29)22-11-7-6-10-21(22)24(28)19-8-4-3-5-9-19/h3-15,17H,16H2,1-2H3,(H,26,27). The number of amides is 1. The molecule has 0 fully saturated rings. The molecule has 0 aromatic heterocycles. The Morgan fingerprint density at radius 3 is 2.03 bits per heavy atom. The van der Waals surface area contributed by atoms with Crippen molar-refractivity contribution in [3.8, 4) is 0 Å². The number of anilines is 1. The van der Waals surface area contributed by atoms with Gasteiger partial charge in [-0.05, 0) is 29.7 Å². The van der Waals surface area contributed by atoms with Gasteiger partial charge >= 0.3 is 5.97 Å². The van der Waals surface area contributed by atoms with Crippen LogP contribution in [0, 0.1) is 0 Å². The first-order chi connectivity index (χ1) is 14.5. The molecule has 1 N–H and O–H groups in total. The lowest BCUT2D eigenvalue weighted by molar-refractivity contribution is -0.119. The Morgan fingerprint density at radius 2 is 1.40 bits per heavy atom. The van der Waals surface area contributed by atoms with Crippen molar-refractivity contribution in [3.63, 3.8) is 0 Å². The lowest BCUT2D eigenvalue weighted by Gasteiger charge is -2.10. The number of rotatable bonds is 7. The lowest BCUT2D eigenvalue weighted by atomic mass is 9.98. The predicted octanol–water partition coefficient (Wildman–Crippen LogP) is 4.84. The molecule has 152 valence electrons. The fraction of sp³-hybridized carbons (Fsp3) is 0.160. The number of carbonyl (C=O) groups is 3. The molecule has 0 heterocycles. The molecule has 0 saturated carbocycles. The minimum atomic E-state index is -0.722. The number of ether oxygens (including phenoxy) is 1. The Bertz CT molecular complexity index is 1040. The molecule has 0 unspecified atom stereocenters. The highest BCUT2D eigenvalue weighted by atomic mass is 16.5. The van der Waals surface area contributed by atoms with E-state index in [0.29, 0.717) is 17.2 Å². The SMILES string of the molecule is CC(C)c1ccc(NC(=O)COC(=O)c2ccccc2C(=O)c2ccccc2)cc1. The van der Waals surface area contributed by atoms with Crippen LogP contribution >= 0.6 is 0 Å². The Hall–Kier alpha value is -3.73. The minimum Gasteiger partial charge on any atom is -0.452 e. The smallest absolute Gasteiger partial charge is 0.339 e. The van der Waals surface area contributed by atoms with Gasteiger partial charge in [-0.2, -0.15) is 0 Å². The maximum atomic E-state index is 12.7. The summed E-state index contributed by atoms with van der Waals surface area (Å²) in [5, 5.41) is 2.70. The van der Waals surface area contributed by atoms with Crippen LogP contribution in [0.4, 0.5) is 5.69 Å². The Kier molecular flexibility index (Phi) is 6.75. The second-order valence-electron chi connectivity index (χ2n) is 7.14. The molecule has 0 saturated heterocycles. The average Bonchev–Trinajstić information content (AvgIpc) is 2.78. The molecule has 3 aromatic carbocycles. The first kappa shape index (κ1) is 21.0. The zero-order valence-electron chi connectivity index (χ0n) is 16.9. The summed E-state index contributed by atoms with van der Waals surface area (Å²) in [6.07, 6.45) is 0. The molecule has 0 atom stereocenters. The molecular weight excluding hydrogens is 378 g/mol. The van der Waals surface area contributed by atoms with Crippen molar-refractivity contribution in [1.29, 1.82) is 0 Å². The highest BCUT2D eigenvalue weighted by molar-refractivity contribution is 6.14. The van der Waals surface area contributed by atoms with Gasteiger partial charge in [-0.25, -0.2) is 4.79 Å². The van der Waals surface area contributed by atoms with Crippen molar-refractivity contribution < 1.29 is 19.1 Å². The topological polar surface area (TPSA) is 72.5 Å². The van der Waals surface area contributed by atoms with Crippen molar-refractivity contribution in [2.75, 3.05) is 11.9 Å². The van der Waals surface area contributed by atoms with E-state index in [9.17, 15) is 14.4 Å². The molecule has 0 bridgehead atoms. The first-order valence-corrected chi connectivity index (χ1v) is 9.71. The zero-order valence-corrected chi connectivity index (χ0v) is 16.9. The largest absolute Gasteiger partial charge is 0.452 e. The van der Waals surface area contributed by atoms with Gasteiger partial charge in [0.2, 0.25) is 0 Å². The highest BCUT2D eigenvalue weighted by Gasteiger charge is 2.19. The van der Waals surface area contributed by atoms with Crippen LogP contribution in [0.2, 0.25) is 0 Å². The number of nitrogens with one attached hydrogen (secondary N) is 1. The maximum absolute atomic E-state index is 12.7. The third-order valence-corrected chi connectivity index (χ3v) is 4.62. The van der Waals surface area contributed by atoms with E-state index in [-0.39, 0.29) is 16.9 Å². The second kappa shape index (κ2) is 9.65. The molecule has 0 aliphatic carbocycles. The van der Waals surface area contributed by atoms with Crippen LogP contribution < -0.4 is 5.32 Å². The summed E-state index contributed by atoms with van der Waals surface area (Å²) in [6, 6.07) is 22.6. The number of ketones is 1. The minimum absolute atomic E-state index is 0.125. The fourth-order valence-electron chi connectivity index (χ4n) is 2.96. The molecule has 1 amide bonds. The number of esters is 1. The zero-order chi connectivity index (χ0) is 21.5. The number of hydrogen-bond donors (Lipinski definition) is 1. The average molecular weight is 401 g/mol. The maximum Gasteiger partial charge on any atom is 0.339 e. The first-order valence-electron chi connectivity index (χ1n) is 9.71. The molecule has 3 rings (SSSR count). The van der Waals surface area contributed by atoms with Gasteiger partial charge in [0, 0.05) is 16.8 Å². The molecular formula is C25H23NO4. The molecule has 3 aromatic rings. The lowest BCUT2D eigenvalue weighted by Crippen LogP contribution is -2.22. The van der Waals surface area contributed by atoms with Crippen LogP contribution in [0.5, 0.6) is 0 Å². The van der Waals surface area contributed by atoms with E-state index in [0.717, 1.165) is 0 Å². The monoisotopic (exact) mass is 401 g/mol. The van der Waals surface area contributed by atoms with Gasteiger partial charge in [0.1, 0.15) is 0 Å². The highest BCUT2D eigenvalue weighted by Crippen LogP contribution is 2.18. The van der Waals surface area contributed by atoms with Gasteiger partial charge in [-0.15, -0.1) is 0 Å². The van der Waals surface area contributed by atoms with Crippen LogP contribution in [0.3, 0.4) is 0 Å². The molecule has 5 heteroatoms. The second-order valence-corrected chi connectivity index (χ2v) is 7.14. The Balaban J connectivity index is 1.64. The van der Waals surface area contributed by atoms with Crippen molar-refractivity contribution in [1.82, 2.24) is 0 Å². The van der Waals surface area contributed by atoms with E-state index in [4.69, 9.17) is 4.74 Å². The van der Waals surface area contributed by atoms with Gasteiger partial charge in [-0.1, -0.05) is 74.5 Å². The third kappa shape index (κ3) is 5.20. The predicted molar refractivity (Wildman–Crippen MR) is 116 cm³/mol. The fourth-order valence-corrected chi connectivity index (χ4v) is 2.96. The third-order valence-electron chi connectivity index (χ3n) is 4.62. The Labute approximate surface area is 175 Å². The summed E-state index contributed by atoms with van der Waals surface area (Å²) in [6.45, 7) is 3.74. The van der Waals surface area contributed by atoms with Crippen LogP contribution in [0.1, 0.15) is 51.6 Å². The quantitative estimate of drug-likeness (QED) is 0.454. The van der Waals surface area contributed by atoms with Gasteiger partial charge in [0.25, 0.3) is 5.91 Å². The van der Waals surface area contributed by atoms with Gasteiger partial charge < -0.3 is 10.1 Å². The summed E-state index contributed by atoms with van der Waals surface area (Å²) in [5.74, 6) is -1.06. The van der Waals surface area contributed by atoms with Gasteiger partial charge in [0.15, 0.2) is 12.4 Å². The number of benzene rings is 3. The van der Waals surface area contributed by atoms with Crippen LogP contribution in [-0.4, -0.2) is 24.3 Å². The summed E-state index contributed by atoms with van der Waals surface area (Å²) >= 11 is 0.